The minimum absolute atomic E-state index is 0.0572. The van der Waals surface area contributed by atoms with Crippen molar-refractivity contribution in [3.05, 3.63) is 84.2 Å². The number of benzene rings is 2. The first-order chi connectivity index (χ1) is 11.3. The van der Waals surface area contributed by atoms with Crippen LogP contribution >= 0.6 is 0 Å². The summed E-state index contributed by atoms with van der Waals surface area (Å²) in [6.07, 6.45) is 4.10. The zero-order valence-corrected chi connectivity index (χ0v) is 12.5. The van der Waals surface area contributed by atoms with Gasteiger partial charge in [-0.25, -0.2) is 4.98 Å². The monoisotopic (exact) mass is 297 g/mol. The summed E-state index contributed by atoms with van der Waals surface area (Å²) in [5.41, 5.74) is 14.4. The average molecular weight is 297 g/mol. The van der Waals surface area contributed by atoms with Gasteiger partial charge in [0.05, 0.1) is 11.7 Å². The smallest absolute Gasteiger partial charge is 0.137 e. The molecule has 0 unspecified atom stereocenters. The third kappa shape index (κ3) is 1.71. The van der Waals surface area contributed by atoms with E-state index in [0.29, 0.717) is 0 Å². The normalized spacial score (nSPS) is 15.6. The topological polar surface area (TPSA) is 43.3 Å². The Balaban J connectivity index is 1.81. The maximum atomic E-state index is 6.45. The first kappa shape index (κ1) is 12.6. The van der Waals surface area contributed by atoms with Crippen LogP contribution in [0, 0.1) is 0 Å². The van der Waals surface area contributed by atoms with E-state index in [-0.39, 0.29) is 6.04 Å². The van der Waals surface area contributed by atoms with E-state index >= 15 is 0 Å². The summed E-state index contributed by atoms with van der Waals surface area (Å²) in [5.74, 6) is 0. The zero-order valence-electron chi connectivity index (χ0n) is 12.5. The molecule has 0 saturated carbocycles. The van der Waals surface area contributed by atoms with Crippen LogP contribution in [-0.4, -0.2) is 9.38 Å². The number of rotatable bonds is 1. The predicted molar refractivity (Wildman–Crippen MR) is 92.1 cm³/mol. The molecule has 2 heterocycles. The van der Waals surface area contributed by atoms with Gasteiger partial charge in [0.1, 0.15) is 5.65 Å². The van der Waals surface area contributed by atoms with Gasteiger partial charge in [-0.05, 0) is 34.4 Å². The summed E-state index contributed by atoms with van der Waals surface area (Å²) >= 11 is 0. The number of hydrogen-bond acceptors (Lipinski definition) is 2. The molecule has 4 aromatic rings. The van der Waals surface area contributed by atoms with Crippen molar-refractivity contribution >= 4 is 5.65 Å². The van der Waals surface area contributed by atoms with E-state index in [1.54, 1.807) is 0 Å². The molecule has 0 saturated heterocycles. The van der Waals surface area contributed by atoms with Gasteiger partial charge in [-0.1, -0.05) is 48.5 Å². The largest absolute Gasteiger partial charge is 0.320 e. The number of nitrogens with zero attached hydrogens (tertiary/aromatic N) is 2. The molecule has 23 heavy (non-hydrogen) atoms. The highest BCUT2D eigenvalue weighted by Crippen LogP contribution is 2.46. The molecule has 2 aromatic heterocycles. The van der Waals surface area contributed by atoms with E-state index in [1.807, 2.05) is 24.4 Å². The highest BCUT2D eigenvalue weighted by atomic mass is 15.0. The summed E-state index contributed by atoms with van der Waals surface area (Å²) in [6, 6.07) is 20.7. The number of pyridine rings is 1. The second kappa shape index (κ2) is 4.54. The molecule has 0 bridgehead atoms. The van der Waals surface area contributed by atoms with Crippen molar-refractivity contribution in [1.82, 2.24) is 9.38 Å². The molecule has 1 atom stereocenters. The molecule has 1 aliphatic rings. The number of aromatic nitrogens is 2. The van der Waals surface area contributed by atoms with Gasteiger partial charge in [0, 0.05) is 18.0 Å². The average Bonchev–Trinajstić information content (AvgIpc) is 3.15. The van der Waals surface area contributed by atoms with Crippen LogP contribution in [0.2, 0.25) is 0 Å². The third-order valence-corrected chi connectivity index (χ3v) is 4.64. The molecule has 2 N–H and O–H groups in total. The lowest BCUT2D eigenvalue weighted by atomic mass is 9.97. The minimum Gasteiger partial charge on any atom is -0.320 e. The third-order valence-electron chi connectivity index (χ3n) is 4.64. The van der Waals surface area contributed by atoms with Gasteiger partial charge in [-0.3, -0.25) is 0 Å². The van der Waals surface area contributed by atoms with E-state index in [4.69, 9.17) is 10.7 Å². The second-order valence-electron chi connectivity index (χ2n) is 5.93. The summed E-state index contributed by atoms with van der Waals surface area (Å²) in [5, 5.41) is 0. The fraction of sp³-hybridized carbons (Fsp3) is 0.0500. The molecule has 3 heteroatoms. The van der Waals surface area contributed by atoms with Crippen molar-refractivity contribution in [2.45, 2.75) is 6.04 Å². The number of nitrogens with two attached hydrogens (primary N) is 1. The standard InChI is InChI=1S/C20H15N3/c21-20-14-7-2-1-6-13(14)19-15(8-5-9-16(19)20)17-12-23-11-4-3-10-18(23)22-17/h1-12,20H,21H2/t20-/m1/s1. The number of imidazole rings is 1. The van der Waals surface area contributed by atoms with Crippen molar-refractivity contribution < 1.29 is 0 Å². The quantitative estimate of drug-likeness (QED) is 0.576. The van der Waals surface area contributed by atoms with E-state index in [1.165, 1.54) is 22.3 Å². The highest BCUT2D eigenvalue weighted by Gasteiger charge is 2.28. The molecule has 3 nitrogen and oxygen atoms in total. The van der Waals surface area contributed by atoms with Crippen LogP contribution in [0.3, 0.4) is 0 Å². The summed E-state index contributed by atoms with van der Waals surface area (Å²) in [6.45, 7) is 0. The number of hydrogen-bond donors (Lipinski definition) is 1. The van der Waals surface area contributed by atoms with E-state index in [0.717, 1.165) is 16.9 Å². The molecule has 0 fully saturated rings. The molecular weight excluding hydrogens is 282 g/mol. The Hall–Kier alpha value is -2.91. The van der Waals surface area contributed by atoms with Gasteiger partial charge >= 0.3 is 0 Å². The van der Waals surface area contributed by atoms with Crippen LogP contribution in [0.1, 0.15) is 17.2 Å². The van der Waals surface area contributed by atoms with Crippen molar-refractivity contribution in [1.29, 1.82) is 0 Å². The van der Waals surface area contributed by atoms with Gasteiger partial charge in [-0.15, -0.1) is 0 Å². The SMILES string of the molecule is N[C@@H]1c2ccccc2-c2c(-c3cn4ccccc4n3)cccc21. The molecular formula is C20H15N3. The number of fused-ring (bicyclic) bond motifs is 4. The van der Waals surface area contributed by atoms with E-state index in [9.17, 15) is 0 Å². The van der Waals surface area contributed by atoms with Gasteiger partial charge in [0.25, 0.3) is 0 Å². The molecule has 0 spiro atoms. The maximum Gasteiger partial charge on any atom is 0.137 e. The predicted octanol–water partition coefficient (Wildman–Crippen LogP) is 4.03. The van der Waals surface area contributed by atoms with E-state index < -0.39 is 0 Å². The Labute approximate surface area is 134 Å². The lowest BCUT2D eigenvalue weighted by Gasteiger charge is -2.08. The maximum absolute atomic E-state index is 6.45. The Morgan fingerprint density at radius 3 is 2.52 bits per heavy atom. The van der Waals surface area contributed by atoms with Crippen LogP contribution in [0.4, 0.5) is 0 Å². The highest BCUT2D eigenvalue weighted by molar-refractivity contribution is 5.90. The fourth-order valence-corrected chi connectivity index (χ4v) is 3.57. The summed E-state index contributed by atoms with van der Waals surface area (Å²) in [4.78, 5) is 4.78. The Morgan fingerprint density at radius 2 is 1.61 bits per heavy atom. The molecule has 0 amide bonds. The summed E-state index contributed by atoms with van der Waals surface area (Å²) in [7, 11) is 0. The van der Waals surface area contributed by atoms with Crippen molar-refractivity contribution in [2.75, 3.05) is 0 Å². The van der Waals surface area contributed by atoms with Crippen molar-refractivity contribution in [3.63, 3.8) is 0 Å². The van der Waals surface area contributed by atoms with Crippen LogP contribution in [-0.2, 0) is 0 Å². The van der Waals surface area contributed by atoms with E-state index in [2.05, 4.69) is 53.1 Å². The molecule has 5 rings (SSSR count). The van der Waals surface area contributed by atoms with Crippen LogP contribution in [0.5, 0.6) is 0 Å². The Kier molecular flexibility index (Phi) is 2.49. The lowest BCUT2D eigenvalue weighted by molar-refractivity contribution is 0.901. The summed E-state index contributed by atoms with van der Waals surface area (Å²) < 4.78 is 2.05. The van der Waals surface area contributed by atoms with Gasteiger partial charge in [0.2, 0.25) is 0 Å². The second-order valence-corrected chi connectivity index (χ2v) is 5.93. The molecule has 110 valence electrons. The first-order valence-electron chi connectivity index (χ1n) is 7.75. The molecule has 2 aromatic carbocycles. The van der Waals surface area contributed by atoms with Gasteiger partial charge < -0.3 is 10.1 Å². The Morgan fingerprint density at radius 1 is 0.826 bits per heavy atom. The Bertz CT molecular complexity index is 1010. The molecule has 1 aliphatic carbocycles. The van der Waals surface area contributed by atoms with Crippen LogP contribution in [0.25, 0.3) is 28.0 Å². The van der Waals surface area contributed by atoms with Crippen LogP contribution in [0.15, 0.2) is 73.1 Å². The molecule has 0 radical (unpaired) electrons. The molecule has 0 aliphatic heterocycles. The van der Waals surface area contributed by atoms with Gasteiger partial charge in [0.15, 0.2) is 0 Å². The lowest BCUT2D eigenvalue weighted by Crippen LogP contribution is -2.07. The zero-order chi connectivity index (χ0) is 15.4. The van der Waals surface area contributed by atoms with Crippen LogP contribution < -0.4 is 5.73 Å². The van der Waals surface area contributed by atoms with Crippen molar-refractivity contribution in [3.8, 4) is 22.4 Å². The fourth-order valence-electron chi connectivity index (χ4n) is 3.57. The minimum atomic E-state index is -0.0572. The van der Waals surface area contributed by atoms with Crippen molar-refractivity contribution in [2.24, 2.45) is 5.73 Å². The first-order valence-corrected chi connectivity index (χ1v) is 7.75. The van der Waals surface area contributed by atoms with Gasteiger partial charge in [-0.2, -0.15) is 0 Å².